The first-order valence-electron chi connectivity index (χ1n) is 5.52. The number of hydrogen-bond donors (Lipinski definition) is 1. The van der Waals surface area contributed by atoms with Gasteiger partial charge in [0.15, 0.2) is 0 Å². The Morgan fingerprint density at radius 3 is 3.07 bits per heavy atom. The number of hydrogen-bond acceptors (Lipinski definition) is 3. The molecule has 0 spiro atoms. The minimum absolute atomic E-state index is 0.606. The Kier molecular flexibility index (Phi) is 3.21. The van der Waals surface area contributed by atoms with Crippen molar-refractivity contribution in [2.75, 3.05) is 7.11 Å². The highest BCUT2D eigenvalue weighted by Crippen LogP contribution is 2.32. The van der Waals surface area contributed by atoms with E-state index in [1.807, 2.05) is 6.07 Å². The number of rotatable bonds is 5. The Balaban J connectivity index is 1.91. The molecule has 1 aromatic rings. The summed E-state index contributed by atoms with van der Waals surface area (Å²) in [5, 5.41) is 3.52. The normalized spacial score (nSPS) is 17.5. The van der Waals surface area contributed by atoms with Gasteiger partial charge in [-0.3, -0.25) is 0 Å². The molecule has 1 atom stereocenters. The molecule has 1 N–H and O–H groups in total. The van der Waals surface area contributed by atoms with E-state index in [0.717, 1.165) is 23.9 Å². The van der Waals surface area contributed by atoms with Crippen molar-refractivity contribution in [2.45, 2.75) is 32.4 Å². The van der Waals surface area contributed by atoms with Crippen molar-refractivity contribution in [1.29, 1.82) is 0 Å². The summed E-state index contributed by atoms with van der Waals surface area (Å²) in [6, 6.07) is 4.61. The maximum Gasteiger partial charge on any atom is 0.217 e. The second-order valence-corrected chi connectivity index (χ2v) is 4.18. The number of pyridine rings is 1. The molecule has 0 bridgehead atoms. The van der Waals surface area contributed by atoms with E-state index < -0.39 is 0 Å². The second kappa shape index (κ2) is 4.62. The predicted molar refractivity (Wildman–Crippen MR) is 59.8 cm³/mol. The van der Waals surface area contributed by atoms with Gasteiger partial charge in [0.25, 0.3) is 0 Å². The van der Waals surface area contributed by atoms with Crippen LogP contribution in [0.15, 0.2) is 18.3 Å². The average molecular weight is 206 g/mol. The lowest BCUT2D eigenvalue weighted by atomic mass is 10.2. The van der Waals surface area contributed by atoms with E-state index in [2.05, 4.69) is 23.3 Å². The first-order chi connectivity index (χ1) is 7.31. The molecule has 0 aliphatic heterocycles. The highest BCUT2D eigenvalue weighted by Gasteiger charge is 2.27. The van der Waals surface area contributed by atoms with Crippen LogP contribution in [0.25, 0.3) is 0 Å². The molecule has 0 saturated heterocycles. The summed E-state index contributed by atoms with van der Waals surface area (Å²) in [5.74, 6) is 1.61. The Morgan fingerprint density at radius 1 is 1.60 bits per heavy atom. The van der Waals surface area contributed by atoms with E-state index in [9.17, 15) is 0 Å². The van der Waals surface area contributed by atoms with Crippen LogP contribution in [0.5, 0.6) is 5.88 Å². The molecule has 1 aliphatic carbocycles. The lowest BCUT2D eigenvalue weighted by Gasteiger charge is -2.13. The van der Waals surface area contributed by atoms with Gasteiger partial charge in [-0.05, 0) is 31.7 Å². The molecule has 0 radical (unpaired) electrons. The van der Waals surface area contributed by atoms with E-state index in [0.29, 0.717) is 6.04 Å². The van der Waals surface area contributed by atoms with Gasteiger partial charge >= 0.3 is 0 Å². The van der Waals surface area contributed by atoms with Crippen LogP contribution >= 0.6 is 0 Å². The van der Waals surface area contributed by atoms with Gasteiger partial charge in [0, 0.05) is 24.3 Å². The molecular formula is C12H18N2O. The molecule has 82 valence electrons. The summed E-state index contributed by atoms with van der Waals surface area (Å²) in [6.45, 7) is 3.09. The Hall–Kier alpha value is -1.09. The van der Waals surface area contributed by atoms with Crippen molar-refractivity contribution in [3.8, 4) is 5.88 Å². The molecule has 1 aromatic heterocycles. The monoisotopic (exact) mass is 206 g/mol. The molecule has 15 heavy (non-hydrogen) atoms. The van der Waals surface area contributed by atoms with Crippen LogP contribution in [0, 0.1) is 5.92 Å². The van der Waals surface area contributed by atoms with Gasteiger partial charge < -0.3 is 10.1 Å². The minimum atomic E-state index is 0.606. The van der Waals surface area contributed by atoms with Gasteiger partial charge in [0.05, 0.1) is 7.11 Å². The standard InChI is InChI=1S/C12H18N2O/c1-9(10-5-6-10)14-8-11-4-3-7-13-12(11)15-2/h3-4,7,9-10,14H,5-6,8H2,1-2H3/t9-/m0/s1. The first kappa shape index (κ1) is 10.4. The van der Waals surface area contributed by atoms with E-state index >= 15 is 0 Å². The van der Waals surface area contributed by atoms with Crippen LogP contribution in [0.4, 0.5) is 0 Å². The maximum atomic E-state index is 5.20. The minimum Gasteiger partial charge on any atom is -0.481 e. The molecule has 0 aromatic carbocycles. The van der Waals surface area contributed by atoms with E-state index in [1.165, 1.54) is 12.8 Å². The van der Waals surface area contributed by atoms with E-state index in [4.69, 9.17) is 4.74 Å². The Morgan fingerprint density at radius 2 is 2.40 bits per heavy atom. The first-order valence-corrected chi connectivity index (χ1v) is 5.52. The largest absolute Gasteiger partial charge is 0.481 e. The van der Waals surface area contributed by atoms with Gasteiger partial charge in [-0.25, -0.2) is 4.98 Å². The zero-order valence-electron chi connectivity index (χ0n) is 9.36. The topological polar surface area (TPSA) is 34.1 Å². The Bertz CT molecular complexity index is 323. The van der Waals surface area contributed by atoms with Gasteiger partial charge in [-0.15, -0.1) is 0 Å². The molecule has 0 amide bonds. The summed E-state index contributed by atoms with van der Waals surface area (Å²) in [7, 11) is 1.66. The third-order valence-electron chi connectivity index (χ3n) is 2.99. The third kappa shape index (κ3) is 2.69. The molecule has 0 unspecified atom stereocenters. The number of nitrogens with one attached hydrogen (secondary N) is 1. The lowest BCUT2D eigenvalue weighted by Crippen LogP contribution is -2.27. The summed E-state index contributed by atoms with van der Waals surface area (Å²) in [4.78, 5) is 4.17. The van der Waals surface area contributed by atoms with Crippen LogP contribution < -0.4 is 10.1 Å². The summed E-state index contributed by atoms with van der Waals surface area (Å²) in [5.41, 5.74) is 1.13. The van der Waals surface area contributed by atoms with Crippen molar-refractivity contribution in [2.24, 2.45) is 5.92 Å². The smallest absolute Gasteiger partial charge is 0.217 e. The SMILES string of the molecule is COc1ncccc1CN[C@@H](C)C1CC1. The summed E-state index contributed by atoms with van der Waals surface area (Å²) >= 11 is 0. The number of aromatic nitrogens is 1. The Labute approximate surface area is 90.9 Å². The average Bonchev–Trinajstić information content (AvgIpc) is 3.10. The molecular weight excluding hydrogens is 188 g/mol. The fourth-order valence-electron chi connectivity index (χ4n) is 1.78. The number of methoxy groups -OCH3 is 1. The van der Waals surface area contributed by atoms with Crippen LogP contribution in [0.2, 0.25) is 0 Å². The lowest BCUT2D eigenvalue weighted by molar-refractivity contribution is 0.387. The molecule has 1 heterocycles. The number of ether oxygens (including phenoxy) is 1. The molecule has 3 heteroatoms. The van der Waals surface area contributed by atoms with Gasteiger partial charge in [0.2, 0.25) is 5.88 Å². The zero-order valence-corrected chi connectivity index (χ0v) is 9.36. The van der Waals surface area contributed by atoms with E-state index in [1.54, 1.807) is 13.3 Å². The van der Waals surface area contributed by atoms with Crippen LogP contribution in [0.3, 0.4) is 0 Å². The molecule has 1 aliphatic rings. The fourth-order valence-corrected chi connectivity index (χ4v) is 1.78. The van der Waals surface area contributed by atoms with Crippen LogP contribution in [-0.2, 0) is 6.54 Å². The molecule has 3 nitrogen and oxygen atoms in total. The van der Waals surface area contributed by atoms with Gasteiger partial charge in [-0.2, -0.15) is 0 Å². The predicted octanol–water partition coefficient (Wildman–Crippen LogP) is 1.98. The van der Waals surface area contributed by atoms with Crippen molar-refractivity contribution in [3.05, 3.63) is 23.9 Å². The molecule has 2 rings (SSSR count). The second-order valence-electron chi connectivity index (χ2n) is 4.18. The fraction of sp³-hybridized carbons (Fsp3) is 0.583. The van der Waals surface area contributed by atoms with Crippen molar-refractivity contribution < 1.29 is 4.74 Å². The third-order valence-corrected chi connectivity index (χ3v) is 2.99. The maximum absolute atomic E-state index is 5.20. The highest BCUT2D eigenvalue weighted by atomic mass is 16.5. The van der Waals surface area contributed by atoms with Crippen molar-refractivity contribution in [3.63, 3.8) is 0 Å². The molecule has 1 fully saturated rings. The van der Waals surface area contributed by atoms with Crippen LogP contribution in [0.1, 0.15) is 25.3 Å². The highest BCUT2D eigenvalue weighted by molar-refractivity contribution is 5.25. The van der Waals surface area contributed by atoms with Gasteiger partial charge in [-0.1, -0.05) is 6.07 Å². The quantitative estimate of drug-likeness (QED) is 0.800. The number of nitrogens with zero attached hydrogens (tertiary/aromatic N) is 1. The van der Waals surface area contributed by atoms with Crippen LogP contribution in [-0.4, -0.2) is 18.1 Å². The molecule has 1 saturated carbocycles. The van der Waals surface area contributed by atoms with Crippen molar-refractivity contribution >= 4 is 0 Å². The zero-order chi connectivity index (χ0) is 10.7. The van der Waals surface area contributed by atoms with E-state index in [-0.39, 0.29) is 0 Å². The van der Waals surface area contributed by atoms with Crippen molar-refractivity contribution in [1.82, 2.24) is 10.3 Å². The summed E-state index contributed by atoms with van der Waals surface area (Å²) < 4.78 is 5.20. The van der Waals surface area contributed by atoms with Gasteiger partial charge in [0.1, 0.15) is 0 Å². The summed E-state index contributed by atoms with van der Waals surface area (Å²) in [6.07, 6.45) is 4.50.